The van der Waals surface area contributed by atoms with Crippen molar-refractivity contribution < 1.29 is 12.8 Å². The molecule has 0 N–H and O–H groups in total. The summed E-state index contributed by atoms with van der Waals surface area (Å²) in [6.07, 6.45) is 1.93. The van der Waals surface area contributed by atoms with Crippen LogP contribution in [0.25, 0.3) is 22.4 Å². The Labute approximate surface area is 141 Å². The first-order valence-electron chi connectivity index (χ1n) is 10.2. The predicted molar refractivity (Wildman–Crippen MR) is 92.7 cm³/mol. The van der Waals surface area contributed by atoms with Gasteiger partial charge in [0, 0.05) is 25.4 Å². The van der Waals surface area contributed by atoms with Crippen LogP contribution in [0.1, 0.15) is 24.9 Å². The molecule has 0 fully saturated rings. The van der Waals surface area contributed by atoms with Crippen LogP contribution >= 0.6 is 0 Å². The normalized spacial score (nSPS) is 15.9. The summed E-state index contributed by atoms with van der Waals surface area (Å²) in [5, 5.41) is 0. The molecule has 22 heavy (non-hydrogen) atoms. The molecule has 0 aliphatic heterocycles. The molecule has 0 radical (unpaired) electrons. The van der Waals surface area contributed by atoms with Gasteiger partial charge in [0.05, 0.1) is 0 Å². The number of aryl methyl sites for hydroxylation is 4. The second-order valence-corrected chi connectivity index (χ2v) is 5.49. The van der Waals surface area contributed by atoms with Gasteiger partial charge in [0.15, 0.2) is 6.20 Å². The van der Waals surface area contributed by atoms with E-state index in [1.54, 1.807) is 6.07 Å². The van der Waals surface area contributed by atoms with Gasteiger partial charge in [-0.3, -0.25) is 0 Å². The average molecular weight is 294 g/mol. The molecule has 110 valence electrons. The highest BCUT2D eigenvalue weighted by molar-refractivity contribution is 5.67. The highest BCUT2D eigenvalue weighted by Gasteiger charge is 2.13. The fourth-order valence-corrected chi connectivity index (χ4v) is 2.64. The van der Waals surface area contributed by atoms with Crippen molar-refractivity contribution >= 4 is 0 Å². The van der Waals surface area contributed by atoms with E-state index >= 15 is 0 Å². The Morgan fingerprint density at radius 3 is 2.32 bits per heavy atom. The first-order valence-corrected chi connectivity index (χ1v) is 7.19. The Kier molecular flexibility index (Phi) is 2.33. The van der Waals surface area contributed by atoms with Crippen molar-refractivity contribution in [3.63, 3.8) is 0 Å². The average Bonchev–Trinajstić information content (AvgIpc) is 2.60. The monoisotopic (exact) mass is 294 g/mol. The lowest BCUT2D eigenvalue weighted by molar-refractivity contribution is -0.659. The minimum absolute atomic E-state index is 0.128. The number of rotatable bonds is 2. The molecule has 1 heteroatoms. The Bertz CT molecular complexity index is 1020. The number of hydrogen-bond donors (Lipinski definition) is 0. The molecule has 0 aliphatic carbocycles. The van der Waals surface area contributed by atoms with Crippen LogP contribution in [0.3, 0.4) is 0 Å². The number of benzene rings is 2. The second-order valence-electron chi connectivity index (χ2n) is 5.49. The van der Waals surface area contributed by atoms with Crippen molar-refractivity contribution in [1.82, 2.24) is 0 Å². The first-order chi connectivity index (χ1) is 13.0. The van der Waals surface area contributed by atoms with Crippen LogP contribution < -0.4 is 4.57 Å². The van der Waals surface area contributed by atoms with Gasteiger partial charge in [-0.1, -0.05) is 36.4 Å². The molecule has 0 saturated heterocycles. The first kappa shape index (κ1) is 8.89. The molecular formula is C21H22N+. The second kappa shape index (κ2) is 5.76. The maximum absolute atomic E-state index is 7.74. The van der Waals surface area contributed by atoms with Crippen molar-refractivity contribution in [3.8, 4) is 22.4 Å². The maximum Gasteiger partial charge on any atom is 0.212 e. The standard InChI is InChI=1S/C21H22N/c1-15-9-10-18(13-17(15)3)19-11-12-21(22(4)14-19)20-8-6-5-7-16(20)2/h5-14H,1-4H3/q+1/i1D3,3D3. The number of hydrogen-bond acceptors (Lipinski definition) is 0. The van der Waals surface area contributed by atoms with Gasteiger partial charge in [-0.25, -0.2) is 4.57 Å². The highest BCUT2D eigenvalue weighted by atomic mass is 14.9. The number of aromatic nitrogens is 1. The van der Waals surface area contributed by atoms with Gasteiger partial charge in [-0.2, -0.15) is 0 Å². The van der Waals surface area contributed by atoms with Crippen LogP contribution in [0.2, 0.25) is 0 Å². The van der Waals surface area contributed by atoms with Crippen LogP contribution in [0.5, 0.6) is 0 Å². The zero-order valence-corrected chi connectivity index (χ0v) is 12.7. The Morgan fingerprint density at radius 1 is 0.818 bits per heavy atom. The van der Waals surface area contributed by atoms with Crippen molar-refractivity contribution in [3.05, 3.63) is 77.5 Å². The molecule has 0 unspecified atom stereocenters. The predicted octanol–water partition coefficient (Wildman–Crippen LogP) is 4.77. The van der Waals surface area contributed by atoms with Gasteiger partial charge in [0.1, 0.15) is 7.05 Å². The summed E-state index contributed by atoms with van der Waals surface area (Å²) in [5.74, 6) is 0. The van der Waals surface area contributed by atoms with Crippen molar-refractivity contribution in [1.29, 1.82) is 0 Å². The lowest BCUT2D eigenvalue weighted by atomic mass is 10.00. The topological polar surface area (TPSA) is 3.88 Å². The molecule has 3 rings (SSSR count). The fourth-order valence-electron chi connectivity index (χ4n) is 2.64. The molecule has 1 heterocycles. The van der Waals surface area contributed by atoms with Crippen LogP contribution in [-0.2, 0) is 7.05 Å². The lowest BCUT2D eigenvalue weighted by Gasteiger charge is -2.07. The van der Waals surface area contributed by atoms with Crippen LogP contribution in [0.15, 0.2) is 60.8 Å². The van der Waals surface area contributed by atoms with Crippen LogP contribution in [-0.4, -0.2) is 0 Å². The SMILES string of the molecule is [2H]C([2H])([2H])c1ccc(-c2ccc(-c3ccccc3C)[n+](C)c2)cc1C([2H])([2H])[2H]. The summed E-state index contributed by atoms with van der Waals surface area (Å²) < 4.78 is 48.1. The molecule has 1 nitrogen and oxygen atoms in total. The van der Waals surface area contributed by atoms with Crippen LogP contribution in [0.4, 0.5) is 0 Å². The minimum atomic E-state index is -2.50. The van der Waals surface area contributed by atoms with Crippen molar-refractivity contribution in [2.75, 3.05) is 0 Å². The molecule has 0 amide bonds. The van der Waals surface area contributed by atoms with Gasteiger partial charge in [0.2, 0.25) is 5.69 Å². The third-order valence-corrected chi connectivity index (χ3v) is 3.91. The molecule has 1 aromatic heterocycles. The summed E-state index contributed by atoms with van der Waals surface area (Å²) in [6.45, 7) is -2.91. The molecule has 0 bridgehead atoms. The minimum Gasteiger partial charge on any atom is -0.200 e. The van der Waals surface area contributed by atoms with E-state index < -0.39 is 13.7 Å². The fraction of sp³-hybridized carbons (Fsp3) is 0.190. The van der Waals surface area contributed by atoms with E-state index in [4.69, 9.17) is 8.22 Å². The number of nitrogens with zero attached hydrogens (tertiary/aromatic N) is 1. The molecule has 0 spiro atoms. The Balaban J connectivity index is 2.10. The van der Waals surface area contributed by atoms with Gasteiger partial charge in [-0.15, -0.1) is 0 Å². The summed E-state index contributed by atoms with van der Waals surface area (Å²) in [4.78, 5) is 0. The Hall–Kier alpha value is -2.41. The zero-order chi connectivity index (χ0) is 20.7. The summed E-state index contributed by atoms with van der Waals surface area (Å²) >= 11 is 0. The van der Waals surface area contributed by atoms with E-state index in [0.717, 1.165) is 22.4 Å². The van der Waals surface area contributed by atoms with E-state index in [-0.39, 0.29) is 11.1 Å². The summed E-state index contributed by atoms with van der Waals surface area (Å²) in [7, 11) is 1.94. The lowest BCUT2D eigenvalue weighted by Crippen LogP contribution is -2.30. The van der Waals surface area contributed by atoms with Crippen molar-refractivity contribution in [2.24, 2.45) is 7.05 Å². The molecular weight excluding hydrogens is 266 g/mol. The third-order valence-electron chi connectivity index (χ3n) is 3.91. The van der Waals surface area contributed by atoms with E-state index in [2.05, 4.69) is 19.1 Å². The van der Waals surface area contributed by atoms with E-state index in [1.807, 2.05) is 42.1 Å². The molecule has 2 aromatic carbocycles. The van der Waals surface area contributed by atoms with E-state index in [0.29, 0.717) is 5.56 Å². The van der Waals surface area contributed by atoms with Gasteiger partial charge in [-0.05, 0) is 55.0 Å². The van der Waals surface area contributed by atoms with E-state index in [9.17, 15) is 0 Å². The zero-order valence-electron chi connectivity index (χ0n) is 18.7. The van der Waals surface area contributed by atoms with Crippen LogP contribution in [0, 0.1) is 20.6 Å². The number of pyridine rings is 1. The maximum atomic E-state index is 7.74. The quantitative estimate of drug-likeness (QED) is 0.599. The molecule has 0 atom stereocenters. The third kappa shape index (κ3) is 2.67. The Morgan fingerprint density at radius 2 is 1.59 bits per heavy atom. The molecule has 0 aliphatic rings. The highest BCUT2D eigenvalue weighted by Crippen LogP contribution is 2.24. The molecule has 3 aromatic rings. The van der Waals surface area contributed by atoms with Crippen molar-refractivity contribution in [2.45, 2.75) is 20.6 Å². The molecule has 0 saturated carbocycles. The van der Waals surface area contributed by atoms with Gasteiger partial charge in [0.25, 0.3) is 0 Å². The van der Waals surface area contributed by atoms with Gasteiger partial charge < -0.3 is 0 Å². The summed E-state index contributed by atoms with van der Waals surface area (Å²) in [5.41, 5.74) is 4.56. The smallest absolute Gasteiger partial charge is 0.200 e. The summed E-state index contributed by atoms with van der Waals surface area (Å²) in [6, 6.07) is 16.6. The largest absolute Gasteiger partial charge is 0.212 e. The van der Waals surface area contributed by atoms with E-state index in [1.165, 1.54) is 12.1 Å². The van der Waals surface area contributed by atoms with Gasteiger partial charge >= 0.3 is 0 Å².